The number of fused-ring (bicyclic) bond motifs is 1. The van der Waals surface area contributed by atoms with Crippen LogP contribution in [0, 0.1) is 0 Å². The van der Waals surface area contributed by atoms with Crippen molar-refractivity contribution in [2.75, 3.05) is 6.61 Å². The summed E-state index contributed by atoms with van der Waals surface area (Å²) in [6.45, 7) is 6.17. The lowest BCUT2D eigenvalue weighted by molar-refractivity contribution is 0.0697. The van der Waals surface area contributed by atoms with Crippen molar-refractivity contribution in [3.8, 4) is 22.9 Å². The van der Waals surface area contributed by atoms with E-state index in [0.717, 1.165) is 0 Å². The second-order valence-corrected chi connectivity index (χ2v) is 6.21. The van der Waals surface area contributed by atoms with E-state index in [0.29, 0.717) is 35.0 Å². The number of hydrogen-bond donors (Lipinski definition) is 2. The Morgan fingerprint density at radius 2 is 2.00 bits per heavy atom. The van der Waals surface area contributed by atoms with Crippen LogP contribution >= 0.6 is 0 Å². The third-order valence-electron chi connectivity index (χ3n) is 3.83. The average Bonchev–Trinajstić information content (AvgIpc) is 2.62. The Bertz CT molecular complexity index is 1060. The molecular formula is C20H20N2O5. The lowest BCUT2D eigenvalue weighted by Gasteiger charge is -2.14. The SMILES string of the molecule is CCOc1ccc(OC(C)C)cc1-c1nc2ccc(C(=O)O)cc2c(=O)[nH]1. The Labute approximate surface area is 155 Å². The van der Waals surface area contributed by atoms with Crippen molar-refractivity contribution in [3.05, 3.63) is 52.3 Å². The number of carboxylic acids is 1. The van der Waals surface area contributed by atoms with Gasteiger partial charge in [-0.05, 0) is 57.2 Å². The molecule has 0 radical (unpaired) electrons. The van der Waals surface area contributed by atoms with Crippen molar-refractivity contribution in [3.63, 3.8) is 0 Å². The van der Waals surface area contributed by atoms with Gasteiger partial charge >= 0.3 is 5.97 Å². The van der Waals surface area contributed by atoms with Crippen LogP contribution in [0.25, 0.3) is 22.3 Å². The van der Waals surface area contributed by atoms with Crippen molar-refractivity contribution in [1.29, 1.82) is 0 Å². The highest BCUT2D eigenvalue weighted by Gasteiger charge is 2.14. The zero-order chi connectivity index (χ0) is 19.6. The summed E-state index contributed by atoms with van der Waals surface area (Å²) in [6.07, 6.45) is -0.00570. The van der Waals surface area contributed by atoms with Gasteiger partial charge in [-0.3, -0.25) is 4.79 Å². The largest absolute Gasteiger partial charge is 0.493 e. The van der Waals surface area contributed by atoms with Gasteiger partial charge in [-0.15, -0.1) is 0 Å². The Morgan fingerprint density at radius 1 is 1.22 bits per heavy atom. The summed E-state index contributed by atoms with van der Waals surface area (Å²) in [6, 6.07) is 9.59. The predicted octanol–water partition coefficient (Wildman–Crippen LogP) is 3.47. The maximum absolute atomic E-state index is 12.5. The molecule has 140 valence electrons. The minimum absolute atomic E-state index is 0.00570. The highest BCUT2D eigenvalue weighted by Crippen LogP contribution is 2.32. The van der Waals surface area contributed by atoms with Gasteiger partial charge in [-0.2, -0.15) is 0 Å². The molecule has 0 saturated heterocycles. The Hall–Kier alpha value is -3.35. The number of carbonyl (C=O) groups is 1. The van der Waals surface area contributed by atoms with Crippen LogP contribution in [0.2, 0.25) is 0 Å². The molecule has 0 atom stereocenters. The van der Waals surface area contributed by atoms with Crippen molar-refractivity contribution in [2.24, 2.45) is 0 Å². The number of carboxylic acid groups (broad SMARTS) is 1. The first kappa shape index (κ1) is 18.4. The van der Waals surface area contributed by atoms with Crippen LogP contribution in [0.4, 0.5) is 0 Å². The topological polar surface area (TPSA) is 102 Å². The summed E-state index contributed by atoms with van der Waals surface area (Å²) < 4.78 is 11.4. The lowest BCUT2D eigenvalue weighted by atomic mass is 10.1. The van der Waals surface area contributed by atoms with Crippen LogP contribution in [0.3, 0.4) is 0 Å². The molecule has 0 bridgehead atoms. The molecule has 0 spiro atoms. The quantitative estimate of drug-likeness (QED) is 0.691. The Morgan fingerprint density at radius 3 is 2.67 bits per heavy atom. The van der Waals surface area contributed by atoms with E-state index in [1.54, 1.807) is 18.2 Å². The first-order valence-electron chi connectivity index (χ1n) is 8.60. The molecular weight excluding hydrogens is 348 g/mol. The molecule has 1 aromatic heterocycles. The summed E-state index contributed by atoms with van der Waals surface area (Å²) in [7, 11) is 0. The summed E-state index contributed by atoms with van der Waals surface area (Å²) in [4.78, 5) is 30.8. The zero-order valence-electron chi connectivity index (χ0n) is 15.3. The molecule has 7 heteroatoms. The number of nitrogens with one attached hydrogen (secondary N) is 1. The molecule has 7 nitrogen and oxygen atoms in total. The van der Waals surface area contributed by atoms with Gasteiger partial charge in [0.2, 0.25) is 0 Å². The molecule has 0 fully saturated rings. The summed E-state index contributed by atoms with van der Waals surface area (Å²) in [5, 5.41) is 9.32. The smallest absolute Gasteiger partial charge is 0.335 e. The van der Waals surface area contributed by atoms with E-state index in [9.17, 15) is 9.59 Å². The van der Waals surface area contributed by atoms with Crippen molar-refractivity contribution in [1.82, 2.24) is 9.97 Å². The fourth-order valence-electron chi connectivity index (χ4n) is 2.72. The van der Waals surface area contributed by atoms with Gasteiger partial charge in [0.05, 0.1) is 34.7 Å². The third kappa shape index (κ3) is 3.92. The normalized spacial score (nSPS) is 11.0. The van der Waals surface area contributed by atoms with Gasteiger partial charge in [0.25, 0.3) is 5.56 Å². The molecule has 27 heavy (non-hydrogen) atoms. The number of aromatic carboxylic acids is 1. The molecule has 3 aromatic rings. The maximum Gasteiger partial charge on any atom is 0.335 e. The summed E-state index contributed by atoms with van der Waals surface area (Å²) in [5.41, 5.74) is 0.605. The van der Waals surface area contributed by atoms with Crippen LogP contribution in [0.1, 0.15) is 31.1 Å². The molecule has 2 aromatic carbocycles. The molecule has 2 N–H and O–H groups in total. The van der Waals surface area contributed by atoms with E-state index in [1.807, 2.05) is 20.8 Å². The monoisotopic (exact) mass is 368 g/mol. The molecule has 0 amide bonds. The highest BCUT2D eigenvalue weighted by molar-refractivity contribution is 5.93. The van der Waals surface area contributed by atoms with E-state index < -0.39 is 11.5 Å². The second-order valence-electron chi connectivity index (χ2n) is 6.21. The number of H-pyrrole nitrogens is 1. The third-order valence-corrected chi connectivity index (χ3v) is 3.83. The number of aromatic amines is 1. The number of hydrogen-bond acceptors (Lipinski definition) is 5. The first-order chi connectivity index (χ1) is 12.9. The average molecular weight is 368 g/mol. The molecule has 0 aliphatic rings. The number of benzene rings is 2. The van der Waals surface area contributed by atoms with E-state index in [1.165, 1.54) is 18.2 Å². The molecule has 1 heterocycles. The van der Waals surface area contributed by atoms with Crippen molar-refractivity contribution >= 4 is 16.9 Å². The van der Waals surface area contributed by atoms with Gasteiger partial charge in [-0.25, -0.2) is 9.78 Å². The van der Waals surface area contributed by atoms with Gasteiger partial charge in [0.1, 0.15) is 17.3 Å². The Kier molecular flexibility index (Phi) is 5.12. The van der Waals surface area contributed by atoms with E-state index in [-0.39, 0.29) is 17.1 Å². The Balaban J connectivity index is 2.17. The van der Waals surface area contributed by atoms with E-state index in [4.69, 9.17) is 14.6 Å². The van der Waals surface area contributed by atoms with Crippen LogP contribution in [-0.4, -0.2) is 33.8 Å². The first-order valence-corrected chi connectivity index (χ1v) is 8.60. The molecule has 3 rings (SSSR count). The maximum atomic E-state index is 12.5. The fourth-order valence-corrected chi connectivity index (χ4v) is 2.72. The fraction of sp³-hybridized carbons (Fsp3) is 0.250. The predicted molar refractivity (Wildman–Crippen MR) is 102 cm³/mol. The zero-order valence-corrected chi connectivity index (χ0v) is 15.3. The van der Waals surface area contributed by atoms with Crippen molar-refractivity contribution < 1.29 is 19.4 Å². The van der Waals surface area contributed by atoms with Crippen LogP contribution in [-0.2, 0) is 0 Å². The van der Waals surface area contributed by atoms with E-state index >= 15 is 0 Å². The van der Waals surface area contributed by atoms with Gasteiger partial charge in [-0.1, -0.05) is 0 Å². The van der Waals surface area contributed by atoms with Crippen LogP contribution in [0.15, 0.2) is 41.2 Å². The summed E-state index contributed by atoms with van der Waals surface area (Å²) >= 11 is 0. The second kappa shape index (κ2) is 7.49. The molecule has 0 aliphatic heterocycles. The van der Waals surface area contributed by atoms with Gasteiger partial charge < -0.3 is 19.6 Å². The van der Waals surface area contributed by atoms with Gasteiger partial charge in [0.15, 0.2) is 0 Å². The van der Waals surface area contributed by atoms with E-state index in [2.05, 4.69) is 9.97 Å². The lowest BCUT2D eigenvalue weighted by Crippen LogP contribution is -2.11. The number of rotatable bonds is 6. The highest BCUT2D eigenvalue weighted by atomic mass is 16.5. The summed E-state index contributed by atoms with van der Waals surface area (Å²) in [5.74, 6) is 0.427. The molecule has 0 saturated carbocycles. The molecule has 0 unspecified atom stereocenters. The number of ether oxygens (including phenoxy) is 2. The molecule has 0 aliphatic carbocycles. The minimum atomic E-state index is -1.10. The number of nitrogens with zero attached hydrogens (tertiary/aromatic N) is 1. The van der Waals surface area contributed by atoms with Crippen molar-refractivity contribution in [2.45, 2.75) is 26.9 Å². The number of aromatic nitrogens is 2. The van der Waals surface area contributed by atoms with Gasteiger partial charge in [0, 0.05) is 0 Å². The van der Waals surface area contributed by atoms with Crippen LogP contribution in [0.5, 0.6) is 11.5 Å². The standard InChI is InChI=1S/C20H20N2O5/c1-4-26-17-8-6-13(27-11(2)3)10-15(17)18-21-16-7-5-12(20(24)25)9-14(16)19(23)22-18/h5-11H,4H2,1-3H3,(H,24,25)(H,21,22,23). The minimum Gasteiger partial charge on any atom is -0.493 e. The van der Waals surface area contributed by atoms with Crippen LogP contribution < -0.4 is 15.0 Å².